The maximum Gasteiger partial charge on any atom is 0.245 e. The van der Waals surface area contributed by atoms with Gasteiger partial charge in [0, 0.05) is 24.4 Å². The van der Waals surface area contributed by atoms with Gasteiger partial charge in [0.1, 0.15) is 18.8 Å². The van der Waals surface area contributed by atoms with E-state index in [1.807, 2.05) is 30.3 Å². The van der Waals surface area contributed by atoms with Gasteiger partial charge in [-0.1, -0.05) is 36.4 Å². The molecule has 1 N–H and O–H groups in total. The first-order chi connectivity index (χ1) is 16.5. The number of carbonyl (C=O) groups excluding carboxylic acids is 2. The molecular weight excluding hydrogens is 440 g/mol. The van der Waals surface area contributed by atoms with Gasteiger partial charge in [-0.25, -0.2) is 9.37 Å². The monoisotopic (exact) mass is 465 g/mol. The summed E-state index contributed by atoms with van der Waals surface area (Å²) in [6, 6.07) is 12.5. The van der Waals surface area contributed by atoms with Gasteiger partial charge in [-0.15, -0.1) is 0 Å². The number of rotatable bonds is 7. The smallest absolute Gasteiger partial charge is 0.245 e. The third kappa shape index (κ3) is 4.69. The van der Waals surface area contributed by atoms with Gasteiger partial charge >= 0.3 is 0 Å². The number of alkyl halides is 1. The van der Waals surface area contributed by atoms with Crippen LogP contribution in [0.15, 0.2) is 60.9 Å². The fourth-order valence-electron chi connectivity index (χ4n) is 4.46. The van der Waals surface area contributed by atoms with Gasteiger partial charge in [-0.3, -0.25) is 14.3 Å². The quantitative estimate of drug-likeness (QED) is 0.544. The molecule has 1 aromatic carbocycles. The Morgan fingerprint density at radius 1 is 1.12 bits per heavy atom. The predicted molar refractivity (Wildman–Crippen MR) is 120 cm³/mol. The lowest BCUT2D eigenvalue weighted by Crippen LogP contribution is -2.48. The van der Waals surface area contributed by atoms with Gasteiger partial charge in [0.15, 0.2) is 0 Å². The molecule has 2 amide bonds. The number of nitrogens with one attached hydrogen (secondary N) is 1. The van der Waals surface area contributed by atoms with Gasteiger partial charge in [0.05, 0.1) is 18.3 Å². The highest BCUT2D eigenvalue weighted by molar-refractivity contribution is 5.88. The van der Waals surface area contributed by atoms with Crippen molar-refractivity contribution in [2.24, 2.45) is 0 Å². The first-order valence-electron chi connectivity index (χ1n) is 11.4. The molecule has 9 heteroatoms. The van der Waals surface area contributed by atoms with Crippen molar-refractivity contribution >= 4 is 11.8 Å². The second kappa shape index (κ2) is 9.32. The topological polar surface area (TPSA) is 80.1 Å². The lowest BCUT2D eigenvalue weighted by Gasteiger charge is -2.26. The van der Waals surface area contributed by atoms with Crippen LogP contribution in [0, 0.1) is 5.95 Å². The lowest BCUT2D eigenvalue weighted by atomic mass is 10.0. The van der Waals surface area contributed by atoms with Crippen molar-refractivity contribution in [1.29, 1.82) is 0 Å². The maximum atomic E-state index is 14.7. The molecule has 7 nitrogen and oxygen atoms in total. The van der Waals surface area contributed by atoms with Crippen LogP contribution in [0.3, 0.4) is 0 Å². The number of amides is 2. The maximum absolute atomic E-state index is 14.7. The minimum atomic E-state index is -1.30. The Morgan fingerprint density at radius 3 is 2.59 bits per heavy atom. The molecule has 1 aliphatic carbocycles. The van der Waals surface area contributed by atoms with E-state index >= 15 is 0 Å². The Kier molecular flexibility index (Phi) is 6.08. The fourth-order valence-corrected chi connectivity index (χ4v) is 4.46. The van der Waals surface area contributed by atoms with Crippen LogP contribution in [-0.4, -0.2) is 50.2 Å². The summed E-state index contributed by atoms with van der Waals surface area (Å²) < 4.78 is 30.5. The molecule has 3 aromatic rings. The van der Waals surface area contributed by atoms with Crippen molar-refractivity contribution in [2.75, 3.05) is 6.54 Å². The van der Waals surface area contributed by atoms with Gasteiger partial charge < -0.3 is 10.2 Å². The van der Waals surface area contributed by atoms with Crippen LogP contribution in [0.1, 0.15) is 48.0 Å². The van der Waals surface area contributed by atoms with E-state index in [1.54, 1.807) is 30.6 Å². The first kappa shape index (κ1) is 22.2. The van der Waals surface area contributed by atoms with Crippen molar-refractivity contribution in [3.63, 3.8) is 0 Å². The number of nitrogens with zero attached hydrogens (tertiary/aromatic N) is 4. The predicted octanol–water partition coefficient (Wildman–Crippen LogP) is 3.14. The Bertz CT molecular complexity index is 1170. The molecule has 3 atom stereocenters. The minimum absolute atomic E-state index is 0.0823. The third-order valence-electron chi connectivity index (χ3n) is 6.36. The number of likely N-dealkylation sites (tertiary alicyclic amines) is 1. The largest absolute Gasteiger partial charge is 0.342 e. The fraction of sp³-hybridized carbons (Fsp3) is 0.360. The van der Waals surface area contributed by atoms with E-state index in [0.717, 1.165) is 12.8 Å². The van der Waals surface area contributed by atoms with Crippen molar-refractivity contribution in [1.82, 2.24) is 25.0 Å². The van der Waals surface area contributed by atoms with Crippen molar-refractivity contribution in [3.05, 3.63) is 83.7 Å². The Labute approximate surface area is 195 Å². The van der Waals surface area contributed by atoms with Gasteiger partial charge in [0.2, 0.25) is 17.8 Å². The number of hydrogen-bond acceptors (Lipinski definition) is 4. The molecule has 2 aliphatic rings. The average molecular weight is 466 g/mol. The van der Waals surface area contributed by atoms with Crippen molar-refractivity contribution in [3.8, 4) is 0 Å². The summed E-state index contributed by atoms with van der Waals surface area (Å²) in [7, 11) is 0. The molecule has 0 bridgehead atoms. The van der Waals surface area contributed by atoms with Crippen molar-refractivity contribution < 1.29 is 18.4 Å². The van der Waals surface area contributed by atoms with E-state index in [2.05, 4.69) is 15.4 Å². The summed E-state index contributed by atoms with van der Waals surface area (Å²) in [6.45, 7) is -0.238. The lowest BCUT2D eigenvalue weighted by molar-refractivity contribution is -0.139. The highest BCUT2D eigenvalue weighted by Gasteiger charge is 2.40. The zero-order valence-electron chi connectivity index (χ0n) is 18.5. The normalized spacial score (nSPS) is 20.8. The van der Waals surface area contributed by atoms with Crippen molar-refractivity contribution in [2.45, 2.75) is 50.0 Å². The molecule has 2 fully saturated rings. The molecule has 0 spiro atoms. The zero-order chi connectivity index (χ0) is 23.7. The SMILES string of the molecule is O=C(NC(c1ccccc1)c1ccc(C2CC2)c(F)n1)C1CC(F)CN1C(=O)Cn1cccn1. The molecule has 0 radical (unpaired) electrons. The van der Waals surface area contributed by atoms with Crippen LogP contribution in [0.2, 0.25) is 0 Å². The number of hydrogen-bond donors (Lipinski definition) is 1. The Morgan fingerprint density at radius 2 is 1.91 bits per heavy atom. The molecular formula is C25H25F2N5O2. The number of aromatic nitrogens is 3. The number of pyridine rings is 1. The summed E-state index contributed by atoms with van der Waals surface area (Å²) in [5.74, 6) is -1.22. The second-order valence-corrected chi connectivity index (χ2v) is 8.84. The average Bonchev–Trinajstić information content (AvgIpc) is 3.40. The van der Waals surface area contributed by atoms with E-state index in [0.29, 0.717) is 16.8 Å². The van der Waals surface area contributed by atoms with E-state index < -0.39 is 36.0 Å². The molecule has 1 saturated carbocycles. The molecule has 3 heterocycles. The van der Waals surface area contributed by atoms with Crippen LogP contribution < -0.4 is 5.32 Å². The van der Waals surface area contributed by atoms with Gasteiger partial charge in [-0.2, -0.15) is 9.49 Å². The highest BCUT2D eigenvalue weighted by Crippen LogP contribution is 2.41. The van der Waals surface area contributed by atoms with Crippen LogP contribution >= 0.6 is 0 Å². The summed E-state index contributed by atoms with van der Waals surface area (Å²) in [6.07, 6.45) is 3.68. The van der Waals surface area contributed by atoms with E-state index in [9.17, 15) is 18.4 Å². The van der Waals surface area contributed by atoms with Gasteiger partial charge in [-0.05, 0) is 36.5 Å². The van der Waals surface area contributed by atoms with Crippen LogP contribution in [-0.2, 0) is 16.1 Å². The van der Waals surface area contributed by atoms with Crippen LogP contribution in [0.5, 0.6) is 0 Å². The van der Waals surface area contributed by atoms with E-state index in [-0.39, 0.29) is 25.4 Å². The molecule has 5 rings (SSSR count). The highest BCUT2D eigenvalue weighted by atomic mass is 19.1. The van der Waals surface area contributed by atoms with E-state index in [4.69, 9.17) is 0 Å². The molecule has 1 saturated heterocycles. The van der Waals surface area contributed by atoms with Crippen LogP contribution in [0.4, 0.5) is 8.78 Å². The Balaban J connectivity index is 1.38. The zero-order valence-corrected chi connectivity index (χ0v) is 18.5. The summed E-state index contributed by atoms with van der Waals surface area (Å²) in [5.41, 5.74) is 1.66. The number of benzene rings is 1. The summed E-state index contributed by atoms with van der Waals surface area (Å²) in [4.78, 5) is 31.5. The molecule has 3 unspecified atom stereocenters. The molecule has 2 aromatic heterocycles. The number of carbonyl (C=O) groups is 2. The molecule has 34 heavy (non-hydrogen) atoms. The molecule has 176 valence electrons. The number of halogens is 2. The van der Waals surface area contributed by atoms with E-state index in [1.165, 1.54) is 9.58 Å². The second-order valence-electron chi connectivity index (χ2n) is 8.84. The van der Waals surface area contributed by atoms with Gasteiger partial charge in [0.25, 0.3) is 0 Å². The Hall–Kier alpha value is -3.62. The third-order valence-corrected chi connectivity index (χ3v) is 6.36. The minimum Gasteiger partial charge on any atom is -0.342 e. The first-order valence-corrected chi connectivity index (χ1v) is 11.4. The summed E-state index contributed by atoms with van der Waals surface area (Å²) in [5, 5.41) is 6.90. The summed E-state index contributed by atoms with van der Waals surface area (Å²) >= 11 is 0. The van der Waals surface area contributed by atoms with Crippen LogP contribution in [0.25, 0.3) is 0 Å². The standard InChI is InChI=1S/C25H25F2N5O2/c26-18-13-21(32(14-18)22(33)15-31-12-4-11-28-31)25(34)30-23(17-5-2-1-3-6-17)20-10-9-19(16-7-8-16)24(27)29-20/h1-6,9-12,16,18,21,23H,7-8,13-15H2,(H,30,34). The molecule has 1 aliphatic heterocycles.